The van der Waals surface area contributed by atoms with Crippen LogP contribution in [0.25, 0.3) is 11.4 Å². The van der Waals surface area contributed by atoms with Crippen molar-refractivity contribution >= 4 is 0 Å². The van der Waals surface area contributed by atoms with Crippen LogP contribution in [0.3, 0.4) is 0 Å². The Balaban J connectivity index is 2.47. The summed E-state index contributed by atoms with van der Waals surface area (Å²) in [5.41, 5.74) is 1.11. The normalized spacial score (nSPS) is 10.9. The molecule has 0 amide bonds. The van der Waals surface area contributed by atoms with E-state index in [1.807, 2.05) is 37.4 Å². The molecule has 2 rings (SSSR count). The molecule has 0 aliphatic carbocycles. The Kier molecular flexibility index (Phi) is 2.54. The monoisotopic (exact) mass is 201 g/mol. The summed E-state index contributed by atoms with van der Waals surface area (Å²) in [7, 11) is 2.01. The van der Waals surface area contributed by atoms with Crippen LogP contribution < -0.4 is 0 Å². The largest absolute Gasteiger partial charge is 0.314 e. The van der Waals surface area contributed by atoms with Gasteiger partial charge in [0, 0.05) is 18.5 Å². The van der Waals surface area contributed by atoms with Crippen LogP contribution in [0.4, 0.5) is 0 Å². The second-order valence-corrected chi connectivity index (χ2v) is 3.96. The lowest BCUT2D eigenvalue weighted by atomic mass is 10.2. The van der Waals surface area contributed by atoms with E-state index in [4.69, 9.17) is 0 Å². The molecule has 0 bridgehead atoms. The third-order valence-electron chi connectivity index (χ3n) is 2.46. The van der Waals surface area contributed by atoms with E-state index in [2.05, 4.69) is 28.6 Å². The van der Waals surface area contributed by atoms with Crippen LogP contribution in [-0.4, -0.2) is 14.8 Å². The Morgan fingerprint density at radius 1 is 1.07 bits per heavy atom. The van der Waals surface area contributed by atoms with Crippen LogP contribution in [0.2, 0.25) is 0 Å². The Labute approximate surface area is 89.8 Å². The van der Waals surface area contributed by atoms with Gasteiger partial charge in [-0.05, 0) is 0 Å². The minimum atomic E-state index is 0.403. The average Bonchev–Trinajstić information content (AvgIpc) is 2.61. The highest BCUT2D eigenvalue weighted by Gasteiger charge is 2.12. The SMILES string of the molecule is CC(C)c1nnc(-c2ccccc2)n1C. The second-order valence-electron chi connectivity index (χ2n) is 3.96. The molecule has 0 radical (unpaired) electrons. The van der Waals surface area contributed by atoms with Crippen LogP contribution in [0.15, 0.2) is 30.3 Å². The molecule has 0 N–H and O–H groups in total. The molecule has 1 heterocycles. The molecule has 0 saturated carbocycles. The van der Waals surface area contributed by atoms with Crippen molar-refractivity contribution in [1.29, 1.82) is 0 Å². The van der Waals surface area contributed by atoms with Gasteiger partial charge in [0.15, 0.2) is 5.82 Å². The van der Waals surface area contributed by atoms with E-state index in [1.165, 1.54) is 0 Å². The molecule has 78 valence electrons. The third kappa shape index (κ3) is 1.77. The predicted molar refractivity (Wildman–Crippen MR) is 60.5 cm³/mol. The molecule has 1 aromatic carbocycles. The van der Waals surface area contributed by atoms with Crippen molar-refractivity contribution in [3.05, 3.63) is 36.2 Å². The fourth-order valence-corrected chi connectivity index (χ4v) is 1.68. The van der Waals surface area contributed by atoms with Gasteiger partial charge in [-0.25, -0.2) is 0 Å². The molecule has 1 aromatic heterocycles. The molecular formula is C12H15N3. The van der Waals surface area contributed by atoms with Crippen molar-refractivity contribution in [2.45, 2.75) is 19.8 Å². The molecule has 3 nitrogen and oxygen atoms in total. The maximum Gasteiger partial charge on any atom is 0.163 e. The smallest absolute Gasteiger partial charge is 0.163 e. The van der Waals surface area contributed by atoms with Gasteiger partial charge in [0.2, 0.25) is 0 Å². The molecule has 15 heavy (non-hydrogen) atoms. The number of hydrogen-bond acceptors (Lipinski definition) is 2. The van der Waals surface area contributed by atoms with Crippen molar-refractivity contribution in [2.75, 3.05) is 0 Å². The first kappa shape index (κ1) is 9.90. The van der Waals surface area contributed by atoms with Gasteiger partial charge in [0.1, 0.15) is 5.82 Å². The van der Waals surface area contributed by atoms with Gasteiger partial charge in [0.05, 0.1) is 0 Å². The van der Waals surface area contributed by atoms with E-state index in [-0.39, 0.29) is 0 Å². The van der Waals surface area contributed by atoms with Gasteiger partial charge >= 0.3 is 0 Å². The van der Waals surface area contributed by atoms with E-state index in [1.54, 1.807) is 0 Å². The molecule has 0 unspecified atom stereocenters. The summed E-state index contributed by atoms with van der Waals surface area (Å²) in [6.45, 7) is 4.25. The van der Waals surface area contributed by atoms with Crippen LogP contribution in [0, 0.1) is 0 Å². The fraction of sp³-hybridized carbons (Fsp3) is 0.333. The quantitative estimate of drug-likeness (QED) is 0.747. The van der Waals surface area contributed by atoms with Gasteiger partial charge in [-0.3, -0.25) is 0 Å². The molecule has 0 saturated heterocycles. The Hall–Kier alpha value is -1.64. The molecule has 0 fully saturated rings. The van der Waals surface area contributed by atoms with Crippen LogP contribution >= 0.6 is 0 Å². The Morgan fingerprint density at radius 2 is 1.73 bits per heavy atom. The highest BCUT2D eigenvalue weighted by molar-refractivity contribution is 5.54. The summed E-state index contributed by atoms with van der Waals surface area (Å²) >= 11 is 0. The molecule has 2 aromatic rings. The zero-order chi connectivity index (χ0) is 10.8. The lowest BCUT2D eigenvalue weighted by Crippen LogP contribution is -2.01. The molecule has 0 aliphatic rings. The van der Waals surface area contributed by atoms with Gasteiger partial charge in [-0.1, -0.05) is 44.2 Å². The van der Waals surface area contributed by atoms with Crippen LogP contribution in [0.5, 0.6) is 0 Å². The summed E-state index contributed by atoms with van der Waals surface area (Å²) in [6.07, 6.45) is 0. The first-order chi connectivity index (χ1) is 7.20. The summed E-state index contributed by atoms with van der Waals surface area (Å²) < 4.78 is 2.06. The maximum absolute atomic E-state index is 4.22. The molecule has 0 atom stereocenters. The van der Waals surface area contributed by atoms with Crippen LogP contribution in [0.1, 0.15) is 25.6 Å². The topological polar surface area (TPSA) is 30.7 Å². The van der Waals surface area contributed by atoms with Crippen molar-refractivity contribution in [3.8, 4) is 11.4 Å². The van der Waals surface area contributed by atoms with E-state index < -0.39 is 0 Å². The Morgan fingerprint density at radius 3 is 2.27 bits per heavy atom. The lowest BCUT2D eigenvalue weighted by Gasteiger charge is -2.05. The van der Waals surface area contributed by atoms with E-state index >= 15 is 0 Å². The van der Waals surface area contributed by atoms with E-state index in [0.717, 1.165) is 17.2 Å². The van der Waals surface area contributed by atoms with Gasteiger partial charge < -0.3 is 4.57 Å². The highest BCUT2D eigenvalue weighted by atomic mass is 15.3. The standard InChI is InChI=1S/C12H15N3/c1-9(2)11-13-14-12(15(11)3)10-7-5-4-6-8-10/h4-9H,1-3H3. The first-order valence-electron chi connectivity index (χ1n) is 5.15. The fourth-order valence-electron chi connectivity index (χ4n) is 1.68. The number of aromatic nitrogens is 3. The number of benzene rings is 1. The van der Waals surface area contributed by atoms with Crippen molar-refractivity contribution in [1.82, 2.24) is 14.8 Å². The molecular weight excluding hydrogens is 186 g/mol. The minimum absolute atomic E-state index is 0.403. The average molecular weight is 201 g/mol. The molecule has 0 spiro atoms. The van der Waals surface area contributed by atoms with Crippen molar-refractivity contribution in [3.63, 3.8) is 0 Å². The van der Waals surface area contributed by atoms with Crippen molar-refractivity contribution in [2.24, 2.45) is 7.05 Å². The maximum atomic E-state index is 4.22. The van der Waals surface area contributed by atoms with Gasteiger partial charge in [-0.15, -0.1) is 10.2 Å². The van der Waals surface area contributed by atoms with Crippen LogP contribution in [-0.2, 0) is 7.05 Å². The minimum Gasteiger partial charge on any atom is -0.314 e. The Bertz CT molecular complexity index is 443. The van der Waals surface area contributed by atoms with Gasteiger partial charge in [-0.2, -0.15) is 0 Å². The second kappa shape index (κ2) is 3.85. The third-order valence-corrected chi connectivity index (χ3v) is 2.46. The number of rotatable bonds is 2. The zero-order valence-corrected chi connectivity index (χ0v) is 9.31. The summed E-state index contributed by atoms with van der Waals surface area (Å²) in [6, 6.07) is 10.1. The molecule has 0 aliphatic heterocycles. The summed E-state index contributed by atoms with van der Waals surface area (Å²) in [5.74, 6) is 2.35. The van der Waals surface area contributed by atoms with E-state index in [0.29, 0.717) is 5.92 Å². The highest BCUT2D eigenvalue weighted by Crippen LogP contribution is 2.19. The first-order valence-corrected chi connectivity index (χ1v) is 5.15. The van der Waals surface area contributed by atoms with Gasteiger partial charge in [0.25, 0.3) is 0 Å². The van der Waals surface area contributed by atoms with E-state index in [9.17, 15) is 0 Å². The molecule has 3 heteroatoms. The lowest BCUT2D eigenvalue weighted by molar-refractivity contribution is 0.711. The predicted octanol–water partition coefficient (Wildman–Crippen LogP) is 2.61. The zero-order valence-electron chi connectivity index (χ0n) is 9.31. The summed E-state index contributed by atoms with van der Waals surface area (Å²) in [4.78, 5) is 0. The summed E-state index contributed by atoms with van der Waals surface area (Å²) in [5, 5.41) is 8.42. The number of nitrogens with zero attached hydrogens (tertiary/aromatic N) is 3. The number of hydrogen-bond donors (Lipinski definition) is 0. The van der Waals surface area contributed by atoms with Crippen molar-refractivity contribution < 1.29 is 0 Å².